The standard InChI is InChI=1S/C18H26N4O4S2/c1-17(2,3)15-20-21-16(27-15)19-14(23)11-8-9-12(26-7)13(10-11)28(24,25)22-18(4,5)6/h8-10,22H,1-7H3,(H,19,21,23). The molecule has 2 N–H and O–H groups in total. The van der Waals surface area contributed by atoms with Crippen LogP contribution in [0.15, 0.2) is 23.1 Å². The van der Waals surface area contributed by atoms with Gasteiger partial charge >= 0.3 is 0 Å². The first kappa shape index (κ1) is 22.3. The van der Waals surface area contributed by atoms with Gasteiger partial charge in [0.05, 0.1) is 7.11 Å². The average Bonchev–Trinajstić information content (AvgIpc) is 3.00. The summed E-state index contributed by atoms with van der Waals surface area (Å²) in [7, 11) is -2.51. The lowest BCUT2D eigenvalue weighted by molar-refractivity contribution is 0.102. The summed E-state index contributed by atoms with van der Waals surface area (Å²) >= 11 is 1.28. The average molecular weight is 427 g/mol. The third kappa shape index (κ3) is 5.49. The van der Waals surface area contributed by atoms with Crippen LogP contribution in [0.3, 0.4) is 0 Å². The molecule has 0 unspecified atom stereocenters. The zero-order valence-corrected chi connectivity index (χ0v) is 18.7. The first-order valence-corrected chi connectivity index (χ1v) is 10.9. The van der Waals surface area contributed by atoms with Crippen LogP contribution in [0.2, 0.25) is 0 Å². The predicted octanol–water partition coefficient (Wildman–Crippen LogP) is 3.17. The highest BCUT2D eigenvalue weighted by atomic mass is 32.2. The van der Waals surface area contributed by atoms with E-state index in [4.69, 9.17) is 4.74 Å². The van der Waals surface area contributed by atoms with Crippen LogP contribution in [-0.2, 0) is 15.4 Å². The number of methoxy groups -OCH3 is 1. The molecule has 0 aliphatic carbocycles. The SMILES string of the molecule is COc1ccc(C(=O)Nc2nnc(C(C)(C)C)s2)cc1S(=O)(=O)NC(C)(C)C. The molecule has 154 valence electrons. The third-order valence-corrected chi connectivity index (χ3v) is 6.49. The minimum Gasteiger partial charge on any atom is -0.495 e. The van der Waals surface area contributed by atoms with Gasteiger partial charge in [0.15, 0.2) is 0 Å². The molecule has 1 aromatic carbocycles. The second-order valence-electron chi connectivity index (χ2n) is 8.34. The van der Waals surface area contributed by atoms with Crippen LogP contribution in [-0.4, -0.2) is 37.2 Å². The summed E-state index contributed by atoms with van der Waals surface area (Å²) in [5.74, 6) is -0.328. The molecule has 2 aromatic rings. The van der Waals surface area contributed by atoms with Crippen molar-refractivity contribution in [1.29, 1.82) is 0 Å². The van der Waals surface area contributed by atoms with Crippen molar-refractivity contribution in [2.24, 2.45) is 0 Å². The normalized spacial score (nSPS) is 12.7. The number of hydrogen-bond donors (Lipinski definition) is 2. The fraction of sp³-hybridized carbons (Fsp3) is 0.500. The number of amides is 1. The van der Waals surface area contributed by atoms with Gasteiger partial charge in [0.1, 0.15) is 15.7 Å². The summed E-state index contributed by atoms with van der Waals surface area (Å²) in [5.41, 5.74) is -0.693. The Bertz CT molecular complexity index is 970. The highest BCUT2D eigenvalue weighted by Crippen LogP contribution is 2.29. The minimum atomic E-state index is -3.89. The van der Waals surface area contributed by atoms with E-state index in [1.54, 1.807) is 20.8 Å². The molecule has 28 heavy (non-hydrogen) atoms. The number of nitrogens with one attached hydrogen (secondary N) is 2. The second-order valence-corrected chi connectivity index (χ2v) is 11.0. The molecule has 1 aromatic heterocycles. The smallest absolute Gasteiger partial charge is 0.257 e. The topological polar surface area (TPSA) is 110 Å². The number of carbonyl (C=O) groups is 1. The molecule has 0 fully saturated rings. The maximum atomic E-state index is 12.7. The lowest BCUT2D eigenvalue weighted by atomic mass is 9.98. The van der Waals surface area contributed by atoms with E-state index in [0.29, 0.717) is 5.13 Å². The van der Waals surface area contributed by atoms with Crippen LogP contribution < -0.4 is 14.8 Å². The van der Waals surface area contributed by atoms with Gasteiger partial charge in [0, 0.05) is 16.5 Å². The zero-order valence-electron chi connectivity index (χ0n) is 17.1. The summed E-state index contributed by atoms with van der Waals surface area (Å²) < 4.78 is 33.2. The van der Waals surface area contributed by atoms with Gasteiger partial charge in [-0.25, -0.2) is 13.1 Å². The molecule has 1 amide bonds. The van der Waals surface area contributed by atoms with E-state index in [1.807, 2.05) is 20.8 Å². The number of carbonyl (C=O) groups excluding carboxylic acids is 1. The molecule has 0 saturated heterocycles. The molecule has 0 atom stereocenters. The summed E-state index contributed by atoms with van der Waals surface area (Å²) in [6.45, 7) is 11.2. The van der Waals surface area contributed by atoms with Crippen LogP contribution in [0, 0.1) is 0 Å². The number of anilines is 1. The maximum Gasteiger partial charge on any atom is 0.257 e. The highest BCUT2D eigenvalue weighted by Gasteiger charge is 2.27. The van der Waals surface area contributed by atoms with Crippen molar-refractivity contribution in [1.82, 2.24) is 14.9 Å². The number of benzene rings is 1. The van der Waals surface area contributed by atoms with E-state index in [9.17, 15) is 13.2 Å². The van der Waals surface area contributed by atoms with Crippen molar-refractivity contribution in [3.63, 3.8) is 0 Å². The summed E-state index contributed by atoms with van der Waals surface area (Å²) in [4.78, 5) is 12.5. The number of nitrogens with zero attached hydrogens (tertiary/aromatic N) is 2. The molecule has 0 aliphatic rings. The van der Waals surface area contributed by atoms with E-state index in [0.717, 1.165) is 5.01 Å². The maximum absolute atomic E-state index is 12.7. The van der Waals surface area contributed by atoms with Gasteiger partial charge in [-0.2, -0.15) is 0 Å². The second kappa shape index (κ2) is 7.76. The number of hydrogen-bond acceptors (Lipinski definition) is 7. The van der Waals surface area contributed by atoms with Crippen molar-refractivity contribution in [3.05, 3.63) is 28.8 Å². The van der Waals surface area contributed by atoms with Crippen LogP contribution in [0.1, 0.15) is 56.9 Å². The Kier molecular flexibility index (Phi) is 6.17. The molecule has 8 nitrogen and oxygen atoms in total. The van der Waals surface area contributed by atoms with Crippen LogP contribution in [0.5, 0.6) is 5.75 Å². The number of sulfonamides is 1. The third-order valence-electron chi connectivity index (χ3n) is 3.44. The van der Waals surface area contributed by atoms with Crippen LogP contribution in [0.4, 0.5) is 5.13 Å². The van der Waals surface area contributed by atoms with Gasteiger partial charge in [-0.3, -0.25) is 10.1 Å². The molecule has 0 saturated carbocycles. The van der Waals surface area contributed by atoms with E-state index in [1.165, 1.54) is 36.6 Å². The fourth-order valence-electron chi connectivity index (χ4n) is 2.23. The van der Waals surface area contributed by atoms with Gasteiger partial charge in [-0.1, -0.05) is 32.1 Å². The van der Waals surface area contributed by atoms with E-state index >= 15 is 0 Å². The van der Waals surface area contributed by atoms with E-state index in [2.05, 4.69) is 20.2 Å². The Hall–Kier alpha value is -2.04. The molecule has 0 spiro atoms. The Morgan fingerprint density at radius 1 is 1.11 bits per heavy atom. The van der Waals surface area contributed by atoms with Crippen molar-refractivity contribution in [3.8, 4) is 5.75 Å². The largest absolute Gasteiger partial charge is 0.495 e. The van der Waals surface area contributed by atoms with Crippen molar-refractivity contribution < 1.29 is 17.9 Å². The lowest BCUT2D eigenvalue weighted by Gasteiger charge is -2.21. The molecular weight excluding hydrogens is 400 g/mol. The Morgan fingerprint density at radius 2 is 1.75 bits per heavy atom. The van der Waals surface area contributed by atoms with Crippen molar-refractivity contribution in [2.45, 2.75) is 57.4 Å². The van der Waals surface area contributed by atoms with Crippen LogP contribution >= 0.6 is 11.3 Å². The zero-order chi connectivity index (χ0) is 21.3. The van der Waals surface area contributed by atoms with E-state index in [-0.39, 0.29) is 21.6 Å². The number of aromatic nitrogens is 2. The molecular formula is C18H26N4O4S2. The van der Waals surface area contributed by atoms with E-state index < -0.39 is 21.5 Å². The van der Waals surface area contributed by atoms with Crippen molar-refractivity contribution >= 4 is 32.4 Å². The Labute approximate surface area is 169 Å². The lowest BCUT2D eigenvalue weighted by Crippen LogP contribution is -2.40. The summed E-state index contributed by atoms with van der Waals surface area (Å²) in [6, 6.07) is 4.23. The van der Waals surface area contributed by atoms with Gasteiger partial charge in [-0.05, 0) is 39.0 Å². The monoisotopic (exact) mass is 426 g/mol. The Morgan fingerprint density at radius 3 is 2.25 bits per heavy atom. The number of ether oxygens (including phenoxy) is 1. The Balaban J connectivity index is 2.34. The van der Waals surface area contributed by atoms with Gasteiger partial charge < -0.3 is 4.74 Å². The van der Waals surface area contributed by atoms with Crippen LogP contribution in [0.25, 0.3) is 0 Å². The molecule has 10 heteroatoms. The first-order valence-electron chi connectivity index (χ1n) is 8.60. The molecule has 0 aliphatic heterocycles. The molecule has 2 rings (SSSR count). The molecule has 0 radical (unpaired) electrons. The summed E-state index contributed by atoms with van der Waals surface area (Å²) in [6.07, 6.45) is 0. The summed E-state index contributed by atoms with van der Waals surface area (Å²) in [5, 5.41) is 11.9. The first-order chi connectivity index (χ1) is 12.7. The predicted molar refractivity (Wildman–Crippen MR) is 110 cm³/mol. The number of rotatable bonds is 5. The highest BCUT2D eigenvalue weighted by molar-refractivity contribution is 7.89. The molecule has 0 bridgehead atoms. The minimum absolute atomic E-state index is 0.106. The van der Waals surface area contributed by atoms with Gasteiger partial charge in [-0.15, -0.1) is 10.2 Å². The quantitative estimate of drug-likeness (QED) is 0.760. The van der Waals surface area contributed by atoms with Gasteiger partial charge in [0.2, 0.25) is 15.2 Å². The van der Waals surface area contributed by atoms with Crippen molar-refractivity contribution in [2.75, 3.05) is 12.4 Å². The molecule has 1 heterocycles. The van der Waals surface area contributed by atoms with Gasteiger partial charge in [0.25, 0.3) is 5.91 Å². The fourth-order valence-corrected chi connectivity index (χ4v) is 4.64.